The summed E-state index contributed by atoms with van der Waals surface area (Å²) in [7, 11) is 0. The summed E-state index contributed by atoms with van der Waals surface area (Å²) in [6, 6.07) is 7.03. The van der Waals surface area contributed by atoms with Crippen molar-refractivity contribution >= 4 is 17.7 Å². The maximum Gasteiger partial charge on any atom is 0.408 e. The number of benzene rings is 1. The van der Waals surface area contributed by atoms with Gasteiger partial charge in [0.25, 0.3) is 0 Å². The lowest BCUT2D eigenvalue weighted by Crippen LogP contribution is -2.41. The summed E-state index contributed by atoms with van der Waals surface area (Å²) < 4.78 is 5.34. The van der Waals surface area contributed by atoms with E-state index in [2.05, 4.69) is 5.32 Å². The zero-order valence-electron chi connectivity index (χ0n) is 11.4. The second-order valence-electron chi connectivity index (χ2n) is 5.33. The van der Waals surface area contributed by atoms with E-state index in [1.807, 2.05) is 20.8 Å². The molecule has 0 radical (unpaired) electrons. The fourth-order valence-corrected chi connectivity index (χ4v) is 1.68. The highest BCUT2D eigenvalue weighted by Crippen LogP contribution is 2.23. The molecule has 1 unspecified atom stereocenters. The van der Waals surface area contributed by atoms with E-state index in [0.29, 0.717) is 11.4 Å². The average molecular weight is 286 g/mol. The van der Waals surface area contributed by atoms with Crippen molar-refractivity contribution in [2.24, 2.45) is 0 Å². The van der Waals surface area contributed by atoms with E-state index in [4.69, 9.17) is 21.4 Å². The smallest absolute Gasteiger partial charge is 0.408 e. The van der Waals surface area contributed by atoms with Gasteiger partial charge in [0.2, 0.25) is 0 Å². The summed E-state index contributed by atoms with van der Waals surface area (Å²) in [5.74, 6) is 0. The lowest BCUT2D eigenvalue weighted by Gasteiger charge is -2.23. The minimum atomic E-state index is -0.499. The van der Waals surface area contributed by atoms with E-state index in [0.717, 1.165) is 5.56 Å². The zero-order valence-corrected chi connectivity index (χ0v) is 12.2. The summed E-state index contributed by atoms with van der Waals surface area (Å²) in [5, 5.41) is 12.4. The Hall–Kier alpha value is -1.26. The van der Waals surface area contributed by atoms with E-state index >= 15 is 0 Å². The first-order chi connectivity index (χ1) is 8.81. The SMILES string of the molecule is CC(C)(C)NC(=O)OC(CCO)c1ccc(Cl)cc1. The largest absolute Gasteiger partial charge is 0.441 e. The Morgan fingerprint density at radius 2 is 1.95 bits per heavy atom. The lowest BCUT2D eigenvalue weighted by molar-refractivity contribution is 0.0750. The summed E-state index contributed by atoms with van der Waals surface area (Å²) in [6.07, 6.45) is -0.635. The Morgan fingerprint density at radius 1 is 1.37 bits per heavy atom. The van der Waals surface area contributed by atoms with Crippen LogP contribution >= 0.6 is 11.6 Å². The van der Waals surface area contributed by atoms with E-state index in [1.54, 1.807) is 24.3 Å². The molecule has 19 heavy (non-hydrogen) atoms. The highest BCUT2D eigenvalue weighted by molar-refractivity contribution is 6.30. The van der Waals surface area contributed by atoms with Gasteiger partial charge < -0.3 is 15.2 Å². The molecule has 5 heteroatoms. The van der Waals surface area contributed by atoms with Gasteiger partial charge in [0, 0.05) is 23.6 Å². The number of hydrogen-bond acceptors (Lipinski definition) is 3. The molecule has 0 heterocycles. The highest BCUT2D eigenvalue weighted by Gasteiger charge is 2.20. The topological polar surface area (TPSA) is 58.6 Å². The van der Waals surface area contributed by atoms with Crippen LogP contribution in [0.3, 0.4) is 0 Å². The highest BCUT2D eigenvalue weighted by atomic mass is 35.5. The van der Waals surface area contributed by atoms with Gasteiger partial charge in [0.1, 0.15) is 6.10 Å². The van der Waals surface area contributed by atoms with Crippen LogP contribution in [0.4, 0.5) is 4.79 Å². The number of carbonyl (C=O) groups is 1. The normalized spacial score (nSPS) is 12.9. The van der Waals surface area contributed by atoms with Gasteiger partial charge >= 0.3 is 6.09 Å². The van der Waals surface area contributed by atoms with E-state index < -0.39 is 12.2 Å². The number of rotatable bonds is 4. The second-order valence-corrected chi connectivity index (χ2v) is 5.77. The number of carbonyl (C=O) groups excluding carboxylic acids is 1. The third kappa shape index (κ3) is 5.94. The fraction of sp³-hybridized carbons (Fsp3) is 0.500. The van der Waals surface area contributed by atoms with Crippen molar-refractivity contribution in [2.75, 3.05) is 6.61 Å². The van der Waals surface area contributed by atoms with Crippen LogP contribution in [0.15, 0.2) is 24.3 Å². The molecular weight excluding hydrogens is 266 g/mol. The molecule has 1 rings (SSSR count). The van der Waals surface area contributed by atoms with E-state index in [1.165, 1.54) is 0 Å². The van der Waals surface area contributed by atoms with Gasteiger partial charge in [-0.2, -0.15) is 0 Å². The molecule has 0 spiro atoms. The Kier molecular flexibility index (Phi) is 5.63. The molecule has 1 aromatic carbocycles. The third-order valence-corrected chi connectivity index (χ3v) is 2.61. The molecule has 2 N–H and O–H groups in total. The van der Waals surface area contributed by atoms with Gasteiger partial charge in [-0.05, 0) is 38.5 Å². The lowest BCUT2D eigenvalue weighted by atomic mass is 10.1. The van der Waals surface area contributed by atoms with Crippen molar-refractivity contribution in [3.8, 4) is 0 Å². The van der Waals surface area contributed by atoms with Crippen LogP contribution in [-0.4, -0.2) is 23.3 Å². The Morgan fingerprint density at radius 3 is 2.42 bits per heavy atom. The maximum absolute atomic E-state index is 11.7. The van der Waals surface area contributed by atoms with Gasteiger partial charge in [-0.25, -0.2) is 4.79 Å². The quantitative estimate of drug-likeness (QED) is 0.892. The molecule has 1 aromatic rings. The van der Waals surface area contributed by atoms with Crippen LogP contribution in [0.1, 0.15) is 38.9 Å². The Labute approximate surface area is 118 Å². The van der Waals surface area contributed by atoms with Gasteiger partial charge in [-0.3, -0.25) is 0 Å². The molecule has 0 aromatic heterocycles. The van der Waals surface area contributed by atoms with Gasteiger partial charge in [0.15, 0.2) is 0 Å². The van der Waals surface area contributed by atoms with Crippen LogP contribution in [0.25, 0.3) is 0 Å². The number of aliphatic hydroxyl groups excluding tert-OH is 1. The van der Waals surface area contributed by atoms with Crippen LogP contribution in [0, 0.1) is 0 Å². The Balaban J connectivity index is 2.73. The van der Waals surface area contributed by atoms with Crippen LogP contribution in [-0.2, 0) is 4.74 Å². The van der Waals surface area contributed by atoms with Gasteiger partial charge in [0.05, 0.1) is 0 Å². The maximum atomic E-state index is 11.7. The first-order valence-corrected chi connectivity index (χ1v) is 6.55. The fourth-order valence-electron chi connectivity index (χ4n) is 1.55. The minimum Gasteiger partial charge on any atom is -0.441 e. The molecule has 0 fully saturated rings. The molecule has 1 atom stereocenters. The van der Waals surface area contributed by atoms with Crippen LogP contribution < -0.4 is 5.32 Å². The number of alkyl carbamates (subject to hydrolysis) is 1. The summed E-state index contributed by atoms with van der Waals surface area (Å²) in [4.78, 5) is 11.7. The number of aliphatic hydroxyl groups is 1. The van der Waals surface area contributed by atoms with Crippen molar-refractivity contribution in [2.45, 2.75) is 38.8 Å². The zero-order chi connectivity index (χ0) is 14.5. The number of ether oxygens (including phenoxy) is 1. The third-order valence-electron chi connectivity index (χ3n) is 2.36. The first kappa shape index (κ1) is 15.8. The van der Waals surface area contributed by atoms with Crippen LogP contribution in [0.5, 0.6) is 0 Å². The molecule has 106 valence electrons. The number of amides is 1. The van der Waals surface area contributed by atoms with Crippen molar-refractivity contribution in [3.05, 3.63) is 34.9 Å². The Bertz CT molecular complexity index is 412. The van der Waals surface area contributed by atoms with Crippen molar-refractivity contribution in [3.63, 3.8) is 0 Å². The number of halogens is 1. The number of hydrogen-bond donors (Lipinski definition) is 2. The van der Waals surface area contributed by atoms with Crippen LogP contribution in [0.2, 0.25) is 5.02 Å². The van der Waals surface area contributed by atoms with Gasteiger partial charge in [-0.1, -0.05) is 23.7 Å². The van der Waals surface area contributed by atoms with E-state index in [-0.39, 0.29) is 12.1 Å². The predicted molar refractivity (Wildman–Crippen MR) is 75.3 cm³/mol. The monoisotopic (exact) mass is 285 g/mol. The second kappa shape index (κ2) is 6.78. The van der Waals surface area contributed by atoms with Crippen molar-refractivity contribution < 1.29 is 14.6 Å². The standard InChI is InChI=1S/C14H20ClNO3/c1-14(2,3)16-13(18)19-12(8-9-17)10-4-6-11(15)7-5-10/h4-7,12,17H,8-9H2,1-3H3,(H,16,18). The van der Waals surface area contributed by atoms with Crippen molar-refractivity contribution in [1.29, 1.82) is 0 Å². The molecule has 0 aliphatic heterocycles. The molecule has 0 aliphatic carbocycles. The molecule has 1 amide bonds. The number of nitrogens with one attached hydrogen (secondary N) is 1. The predicted octanol–water partition coefficient (Wildman–Crippen LogP) is 3.29. The molecule has 0 saturated carbocycles. The van der Waals surface area contributed by atoms with Gasteiger partial charge in [-0.15, -0.1) is 0 Å². The summed E-state index contributed by atoms with van der Waals surface area (Å²) >= 11 is 5.82. The van der Waals surface area contributed by atoms with E-state index in [9.17, 15) is 4.79 Å². The first-order valence-electron chi connectivity index (χ1n) is 6.17. The van der Waals surface area contributed by atoms with Crippen molar-refractivity contribution in [1.82, 2.24) is 5.32 Å². The minimum absolute atomic E-state index is 0.0594. The molecule has 0 saturated heterocycles. The average Bonchev–Trinajstić information content (AvgIpc) is 2.27. The summed E-state index contributed by atoms with van der Waals surface area (Å²) in [6.45, 7) is 5.56. The molecular formula is C14H20ClNO3. The molecule has 0 aliphatic rings. The summed E-state index contributed by atoms with van der Waals surface area (Å²) in [5.41, 5.74) is 0.448. The molecule has 4 nitrogen and oxygen atoms in total. The molecule has 0 bridgehead atoms.